The van der Waals surface area contributed by atoms with Crippen LogP contribution in [0.15, 0.2) is 89.8 Å². The molecule has 0 bridgehead atoms. The minimum Gasteiger partial charge on any atom is -0.349 e. The summed E-state index contributed by atoms with van der Waals surface area (Å²) in [4.78, 5) is 4.57. The van der Waals surface area contributed by atoms with E-state index in [0.29, 0.717) is 17.4 Å². The van der Waals surface area contributed by atoms with Crippen LogP contribution in [0.4, 0.5) is 5.95 Å². The largest absolute Gasteiger partial charge is 0.349 e. The van der Waals surface area contributed by atoms with Crippen LogP contribution in [0.1, 0.15) is 5.56 Å². The summed E-state index contributed by atoms with van der Waals surface area (Å²) in [5, 5.41) is 7.93. The fraction of sp³-hybridized carbons (Fsp3) is 0.0476. The van der Waals surface area contributed by atoms with Crippen molar-refractivity contribution in [2.24, 2.45) is 0 Å². The third-order valence-corrected chi connectivity index (χ3v) is 6.22. The molecule has 0 radical (unpaired) electrons. The fourth-order valence-electron chi connectivity index (χ4n) is 2.79. The van der Waals surface area contributed by atoms with Crippen LogP contribution in [0.3, 0.4) is 0 Å². The second-order valence-corrected chi connectivity index (χ2v) is 8.41. The van der Waals surface area contributed by atoms with Crippen molar-refractivity contribution in [1.82, 2.24) is 14.2 Å². The van der Waals surface area contributed by atoms with Gasteiger partial charge in [-0.05, 0) is 23.8 Å². The van der Waals surface area contributed by atoms with Gasteiger partial charge >= 0.3 is 0 Å². The topological polar surface area (TPSA) is 76.9 Å². The van der Waals surface area contributed by atoms with E-state index in [4.69, 9.17) is 11.6 Å². The highest BCUT2D eigenvalue weighted by Gasteiger charge is 2.24. The number of halogens is 1. The van der Waals surface area contributed by atoms with E-state index in [1.165, 1.54) is 12.1 Å². The molecule has 0 aliphatic heterocycles. The molecule has 3 aromatic carbocycles. The normalized spacial score (nSPS) is 11.3. The summed E-state index contributed by atoms with van der Waals surface area (Å²) in [6.45, 7) is 0.302. The highest BCUT2D eigenvalue weighted by Crippen LogP contribution is 2.23. The zero-order valence-electron chi connectivity index (χ0n) is 15.2. The molecule has 0 atom stereocenters. The molecule has 0 fully saturated rings. The Kier molecular flexibility index (Phi) is 5.33. The van der Waals surface area contributed by atoms with Gasteiger partial charge < -0.3 is 5.32 Å². The molecule has 1 aromatic heterocycles. The Morgan fingerprint density at radius 3 is 2.17 bits per heavy atom. The Balaban J connectivity index is 1.76. The number of benzene rings is 3. The Morgan fingerprint density at radius 2 is 1.48 bits per heavy atom. The maximum atomic E-state index is 13.2. The van der Waals surface area contributed by atoms with Crippen molar-refractivity contribution in [3.63, 3.8) is 0 Å². The van der Waals surface area contributed by atoms with Crippen LogP contribution in [0, 0.1) is 0 Å². The summed E-state index contributed by atoms with van der Waals surface area (Å²) in [5.41, 5.74) is 1.54. The molecule has 29 heavy (non-hydrogen) atoms. The lowest BCUT2D eigenvalue weighted by atomic mass is 10.2. The number of hydrogen-bond acceptors (Lipinski definition) is 5. The van der Waals surface area contributed by atoms with Gasteiger partial charge in [0, 0.05) is 17.1 Å². The minimum atomic E-state index is -3.92. The predicted molar refractivity (Wildman–Crippen MR) is 113 cm³/mol. The first-order valence-corrected chi connectivity index (χ1v) is 10.7. The predicted octanol–water partition coefficient (Wildman–Crippen LogP) is 4.45. The molecule has 1 N–H and O–H groups in total. The molecule has 4 rings (SSSR count). The summed E-state index contributed by atoms with van der Waals surface area (Å²) in [5.74, 6) is 0.430. The molecule has 6 nitrogen and oxygen atoms in total. The molecule has 0 unspecified atom stereocenters. The second-order valence-electron chi connectivity index (χ2n) is 6.23. The Labute approximate surface area is 173 Å². The van der Waals surface area contributed by atoms with Gasteiger partial charge in [-0.25, -0.2) is 0 Å². The number of hydrogen-bond donors (Lipinski definition) is 1. The lowest BCUT2D eigenvalue weighted by Crippen LogP contribution is -2.18. The van der Waals surface area contributed by atoms with Gasteiger partial charge in [-0.15, -0.1) is 9.19 Å². The van der Waals surface area contributed by atoms with Crippen LogP contribution < -0.4 is 5.32 Å². The molecule has 0 saturated carbocycles. The van der Waals surface area contributed by atoms with E-state index >= 15 is 0 Å². The van der Waals surface area contributed by atoms with E-state index in [1.54, 1.807) is 24.3 Å². The molecule has 0 aliphatic rings. The van der Waals surface area contributed by atoms with Crippen LogP contribution >= 0.6 is 11.6 Å². The molecule has 0 aliphatic carbocycles. The molecule has 146 valence electrons. The zero-order chi connectivity index (χ0) is 20.3. The van der Waals surface area contributed by atoms with E-state index in [0.717, 1.165) is 15.2 Å². The van der Waals surface area contributed by atoms with Crippen molar-refractivity contribution in [2.75, 3.05) is 5.32 Å². The van der Waals surface area contributed by atoms with E-state index in [2.05, 4.69) is 15.4 Å². The van der Waals surface area contributed by atoms with E-state index in [-0.39, 0.29) is 10.8 Å². The molecule has 0 amide bonds. The van der Waals surface area contributed by atoms with Gasteiger partial charge in [0.2, 0.25) is 5.95 Å². The fourth-order valence-corrected chi connectivity index (χ4v) is 4.21. The van der Waals surface area contributed by atoms with Gasteiger partial charge in [-0.1, -0.05) is 78.3 Å². The van der Waals surface area contributed by atoms with Gasteiger partial charge in [0.05, 0.1) is 4.90 Å². The van der Waals surface area contributed by atoms with E-state index in [1.807, 2.05) is 48.5 Å². The van der Waals surface area contributed by atoms with Crippen molar-refractivity contribution in [2.45, 2.75) is 11.4 Å². The van der Waals surface area contributed by atoms with Crippen LogP contribution in [0.25, 0.3) is 11.4 Å². The maximum Gasteiger partial charge on any atom is 0.286 e. The van der Waals surface area contributed by atoms with Crippen LogP contribution in [0.2, 0.25) is 5.02 Å². The summed E-state index contributed by atoms with van der Waals surface area (Å²) in [7, 11) is -3.92. The molecular weight excluding hydrogens is 408 g/mol. The SMILES string of the molecule is O=S(=O)(c1ccccc1)n1nc(-c2ccccc2)nc1NCc1ccccc1Cl. The lowest BCUT2D eigenvalue weighted by Gasteiger charge is -2.09. The number of nitrogens with one attached hydrogen (secondary N) is 1. The van der Waals surface area contributed by atoms with Gasteiger partial charge in [-0.2, -0.15) is 13.4 Å². The second kappa shape index (κ2) is 8.06. The maximum absolute atomic E-state index is 13.2. The molecular formula is C21H17ClN4O2S. The highest BCUT2D eigenvalue weighted by atomic mass is 35.5. The molecule has 1 heterocycles. The Bertz CT molecular complexity index is 1230. The monoisotopic (exact) mass is 424 g/mol. The van der Waals surface area contributed by atoms with Crippen molar-refractivity contribution in [1.29, 1.82) is 0 Å². The lowest BCUT2D eigenvalue weighted by molar-refractivity contribution is 0.580. The number of rotatable bonds is 6. The van der Waals surface area contributed by atoms with Gasteiger partial charge in [0.1, 0.15) is 0 Å². The first-order chi connectivity index (χ1) is 14.1. The van der Waals surface area contributed by atoms with E-state index < -0.39 is 10.0 Å². The first-order valence-electron chi connectivity index (χ1n) is 8.86. The highest BCUT2D eigenvalue weighted by molar-refractivity contribution is 7.90. The Morgan fingerprint density at radius 1 is 0.862 bits per heavy atom. The van der Waals surface area contributed by atoms with Crippen molar-refractivity contribution in [3.8, 4) is 11.4 Å². The average molecular weight is 425 g/mol. The van der Waals surface area contributed by atoms with Crippen molar-refractivity contribution < 1.29 is 8.42 Å². The zero-order valence-corrected chi connectivity index (χ0v) is 16.8. The number of aromatic nitrogens is 3. The first kappa shape index (κ1) is 19.2. The third-order valence-electron chi connectivity index (χ3n) is 4.27. The van der Waals surface area contributed by atoms with Crippen LogP contribution in [-0.2, 0) is 16.6 Å². The van der Waals surface area contributed by atoms with Crippen molar-refractivity contribution in [3.05, 3.63) is 95.5 Å². The summed E-state index contributed by atoms with van der Waals surface area (Å²) in [6, 6.07) is 24.7. The van der Waals surface area contributed by atoms with E-state index in [9.17, 15) is 8.42 Å². The Hall–Kier alpha value is -3.16. The molecule has 4 aromatic rings. The van der Waals surface area contributed by atoms with Gasteiger partial charge in [0.15, 0.2) is 5.82 Å². The number of nitrogens with zero attached hydrogens (tertiary/aromatic N) is 3. The summed E-state index contributed by atoms with van der Waals surface area (Å²) in [6.07, 6.45) is 0. The summed E-state index contributed by atoms with van der Waals surface area (Å²) >= 11 is 6.22. The smallest absolute Gasteiger partial charge is 0.286 e. The van der Waals surface area contributed by atoms with Gasteiger partial charge in [-0.3, -0.25) is 0 Å². The minimum absolute atomic E-state index is 0.118. The number of anilines is 1. The quantitative estimate of drug-likeness (QED) is 0.495. The average Bonchev–Trinajstić information content (AvgIpc) is 3.20. The molecule has 0 saturated heterocycles. The van der Waals surface area contributed by atoms with Crippen LogP contribution in [-0.4, -0.2) is 22.6 Å². The summed E-state index contributed by atoms with van der Waals surface area (Å²) < 4.78 is 27.3. The van der Waals surface area contributed by atoms with Crippen molar-refractivity contribution >= 4 is 27.6 Å². The standard InChI is InChI=1S/C21H17ClN4O2S/c22-19-14-8-7-11-17(19)15-23-21-24-20(16-9-3-1-4-10-16)25-26(21)29(27,28)18-12-5-2-6-13-18/h1-14H,15H2,(H,23,24,25). The molecule has 0 spiro atoms. The molecule has 8 heteroatoms. The van der Waals surface area contributed by atoms with Crippen LogP contribution in [0.5, 0.6) is 0 Å². The third kappa shape index (κ3) is 4.01. The van der Waals surface area contributed by atoms with Gasteiger partial charge in [0.25, 0.3) is 10.0 Å².